The van der Waals surface area contributed by atoms with Gasteiger partial charge >= 0.3 is 6.09 Å². The van der Waals surface area contributed by atoms with E-state index >= 15 is 0 Å². The van der Waals surface area contributed by atoms with E-state index in [1.165, 1.54) is 12.1 Å². The predicted molar refractivity (Wildman–Crippen MR) is 74.4 cm³/mol. The summed E-state index contributed by atoms with van der Waals surface area (Å²) in [6.07, 6.45) is 2.56. The molecule has 5 heteroatoms. The Labute approximate surface area is 117 Å². The van der Waals surface area contributed by atoms with Crippen molar-refractivity contribution in [2.45, 2.75) is 26.4 Å². The second-order valence-corrected chi connectivity index (χ2v) is 5.11. The number of hydrogen-bond acceptors (Lipinski definition) is 3. The Morgan fingerprint density at radius 1 is 1.50 bits per heavy atom. The number of halogens is 1. The molecule has 0 saturated heterocycles. The minimum atomic E-state index is -0.566. The molecule has 0 aliphatic carbocycles. The van der Waals surface area contributed by atoms with Crippen LogP contribution in [-0.2, 0) is 4.74 Å². The van der Waals surface area contributed by atoms with Gasteiger partial charge in [-0.25, -0.2) is 9.18 Å². The van der Waals surface area contributed by atoms with Crippen LogP contribution in [0.15, 0.2) is 24.3 Å². The zero-order valence-corrected chi connectivity index (χ0v) is 11.7. The number of ether oxygens (including phenoxy) is 1. The van der Waals surface area contributed by atoms with Crippen LogP contribution in [0.25, 0.3) is 6.08 Å². The summed E-state index contributed by atoms with van der Waals surface area (Å²) in [5.41, 5.74) is -0.261. The summed E-state index contributed by atoms with van der Waals surface area (Å²) in [6.45, 7) is 5.52. The molecule has 1 amide bonds. The summed E-state index contributed by atoms with van der Waals surface area (Å²) in [5.74, 6) is -0.566. The van der Waals surface area contributed by atoms with Gasteiger partial charge in [-0.3, -0.25) is 0 Å². The van der Waals surface area contributed by atoms with Gasteiger partial charge in [0.2, 0.25) is 0 Å². The third-order valence-electron chi connectivity index (χ3n) is 2.21. The lowest BCUT2D eigenvalue weighted by atomic mass is 10.1. The van der Waals surface area contributed by atoms with Crippen LogP contribution in [0.2, 0.25) is 0 Å². The third kappa shape index (κ3) is 5.11. The molecule has 0 fully saturated rings. The minimum absolute atomic E-state index is 0.00717. The van der Waals surface area contributed by atoms with E-state index < -0.39 is 17.5 Å². The van der Waals surface area contributed by atoms with E-state index in [4.69, 9.17) is 10.00 Å². The van der Waals surface area contributed by atoms with E-state index in [0.717, 1.165) is 0 Å². The quantitative estimate of drug-likeness (QED) is 0.921. The van der Waals surface area contributed by atoms with E-state index in [2.05, 4.69) is 5.32 Å². The molecule has 1 N–H and O–H groups in total. The standard InChI is InChI=1S/C15H17FN2O2/c1-15(2,3)20-14(19)18-9-5-8-11-6-4-7-12(10-17)13(11)16/h4-8H,9H2,1-3H3,(H,18,19). The molecule has 0 atom stereocenters. The Bertz CT molecular complexity index is 554. The second kappa shape index (κ2) is 6.71. The first-order valence-electron chi connectivity index (χ1n) is 6.15. The highest BCUT2D eigenvalue weighted by molar-refractivity contribution is 5.68. The Kier molecular flexibility index (Phi) is 5.27. The van der Waals surface area contributed by atoms with Crippen LogP contribution in [0.5, 0.6) is 0 Å². The highest BCUT2D eigenvalue weighted by atomic mass is 19.1. The molecule has 0 heterocycles. The van der Waals surface area contributed by atoms with Crippen molar-refractivity contribution in [3.8, 4) is 6.07 Å². The summed E-state index contributed by atoms with van der Waals surface area (Å²) in [6, 6.07) is 6.34. The number of hydrogen-bond donors (Lipinski definition) is 1. The van der Waals surface area contributed by atoms with E-state index in [1.54, 1.807) is 45.0 Å². The molecule has 0 spiro atoms. The van der Waals surface area contributed by atoms with Crippen molar-refractivity contribution in [2.75, 3.05) is 6.54 Å². The van der Waals surface area contributed by atoms with Crippen LogP contribution in [0.3, 0.4) is 0 Å². The van der Waals surface area contributed by atoms with Gasteiger partial charge in [-0.1, -0.05) is 24.3 Å². The summed E-state index contributed by atoms with van der Waals surface area (Å²) in [4.78, 5) is 11.4. The smallest absolute Gasteiger partial charge is 0.407 e. The van der Waals surface area contributed by atoms with Gasteiger partial charge in [-0.15, -0.1) is 0 Å². The Balaban J connectivity index is 2.55. The molecule has 1 aromatic rings. The van der Waals surface area contributed by atoms with Crippen LogP contribution in [0.4, 0.5) is 9.18 Å². The SMILES string of the molecule is CC(C)(C)OC(=O)NCC=Cc1cccc(C#N)c1F. The molecule has 0 saturated carbocycles. The summed E-state index contributed by atoms with van der Waals surface area (Å²) in [7, 11) is 0. The molecule has 0 radical (unpaired) electrons. The monoisotopic (exact) mass is 276 g/mol. The van der Waals surface area contributed by atoms with Crippen molar-refractivity contribution in [3.05, 3.63) is 41.2 Å². The Hall–Kier alpha value is -2.35. The number of rotatable bonds is 3. The number of benzene rings is 1. The number of nitrogens with zero attached hydrogens (tertiary/aromatic N) is 1. The Morgan fingerprint density at radius 3 is 2.80 bits per heavy atom. The van der Waals surface area contributed by atoms with Crippen molar-refractivity contribution in [2.24, 2.45) is 0 Å². The largest absolute Gasteiger partial charge is 0.444 e. The molecule has 0 aliphatic heterocycles. The fourth-order valence-corrected chi connectivity index (χ4v) is 1.41. The lowest BCUT2D eigenvalue weighted by Crippen LogP contribution is -2.32. The zero-order valence-electron chi connectivity index (χ0n) is 11.7. The highest BCUT2D eigenvalue weighted by Crippen LogP contribution is 2.13. The molecule has 0 bridgehead atoms. The molecule has 106 valence electrons. The number of nitriles is 1. The number of alkyl carbamates (subject to hydrolysis) is 1. The van der Waals surface area contributed by atoms with Gasteiger partial charge in [-0.05, 0) is 26.8 Å². The van der Waals surface area contributed by atoms with Crippen LogP contribution in [-0.4, -0.2) is 18.2 Å². The van der Waals surface area contributed by atoms with Crippen molar-refractivity contribution in [1.82, 2.24) is 5.32 Å². The van der Waals surface area contributed by atoms with Crippen molar-refractivity contribution in [1.29, 1.82) is 5.26 Å². The average molecular weight is 276 g/mol. The molecule has 20 heavy (non-hydrogen) atoms. The van der Waals surface area contributed by atoms with Gasteiger partial charge in [0.1, 0.15) is 17.5 Å². The van der Waals surface area contributed by atoms with Gasteiger partial charge < -0.3 is 10.1 Å². The fraction of sp³-hybridized carbons (Fsp3) is 0.333. The summed E-state index contributed by atoms with van der Waals surface area (Å²) >= 11 is 0. The zero-order chi connectivity index (χ0) is 15.2. The van der Waals surface area contributed by atoms with E-state index in [9.17, 15) is 9.18 Å². The molecule has 0 aromatic heterocycles. The van der Waals surface area contributed by atoms with Gasteiger partial charge in [0.05, 0.1) is 5.56 Å². The topological polar surface area (TPSA) is 62.1 Å². The lowest BCUT2D eigenvalue weighted by Gasteiger charge is -2.19. The van der Waals surface area contributed by atoms with E-state index in [0.29, 0.717) is 5.56 Å². The second-order valence-electron chi connectivity index (χ2n) is 5.11. The van der Waals surface area contributed by atoms with Gasteiger partial charge in [0.25, 0.3) is 0 Å². The van der Waals surface area contributed by atoms with Crippen molar-refractivity contribution < 1.29 is 13.9 Å². The van der Waals surface area contributed by atoms with Gasteiger partial charge in [0.15, 0.2) is 0 Å². The number of carbonyl (C=O) groups is 1. The molecular weight excluding hydrogens is 259 g/mol. The Morgan fingerprint density at radius 2 is 2.20 bits per heavy atom. The van der Waals surface area contributed by atoms with Crippen LogP contribution in [0.1, 0.15) is 31.9 Å². The average Bonchev–Trinajstić information content (AvgIpc) is 2.34. The van der Waals surface area contributed by atoms with Crippen LogP contribution >= 0.6 is 0 Å². The highest BCUT2D eigenvalue weighted by Gasteiger charge is 2.15. The maximum atomic E-state index is 13.7. The molecule has 0 unspecified atom stereocenters. The normalized spacial score (nSPS) is 11.2. The van der Waals surface area contributed by atoms with E-state index in [1.807, 2.05) is 0 Å². The number of amides is 1. The number of nitrogens with one attached hydrogen (secondary N) is 1. The maximum Gasteiger partial charge on any atom is 0.407 e. The maximum absolute atomic E-state index is 13.7. The number of carbonyl (C=O) groups excluding carboxylic acids is 1. The molecule has 1 aromatic carbocycles. The summed E-state index contributed by atoms with van der Waals surface area (Å²) in [5, 5.41) is 11.2. The van der Waals surface area contributed by atoms with Crippen LogP contribution < -0.4 is 5.32 Å². The van der Waals surface area contributed by atoms with Crippen LogP contribution in [0, 0.1) is 17.1 Å². The van der Waals surface area contributed by atoms with Gasteiger partial charge in [-0.2, -0.15) is 5.26 Å². The van der Waals surface area contributed by atoms with Gasteiger partial charge in [0, 0.05) is 12.1 Å². The molecular formula is C15H17FN2O2. The van der Waals surface area contributed by atoms with Crippen molar-refractivity contribution >= 4 is 12.2 Å². The van der Waals surface area contributed by atoms with E-state index in [-0.39, 0.29) is 12.1 Å². The molecule has 4 nitrogen and oxygen atoms in total. The third-order valence-corrected chi connectivity index (χ3v) is 2.21. The predicted octanol–water partition coefficient (Wildman–Crippen LogP) is 3.24. The lowest BCUT2D eigenvalue weighted by molar-refractivity contribution is 0.0534. The summed E-state index contributed by atoms with van der Waals surface area (Å²) < 4.78 is 18.7. The molecule has 1 rings (SSSR count). The minimum Gasteiger partial charge on any atom is -0.444 e. The molecule has 0 aliphatic rings. The first kappa shape index (κ1) is 15.7. The first-order chi connectivity index (χ1) is 9.33. The van der Waals surface area contributed by atoms with Crippen molar-refractivity contribution in [3.63, 3.8) is 0 Å². The fourth-order valence-electron chi connectivity index (χ4n) is 1.41. The first-order valence-corrected chi connectivity index (χ1v) is 6.15.